The SMILES string of the molecule is NC(=NCc1cccc(N2C(=O)NC3(CCCC3)C2=O)c1)NC1CC1. The van der Waals surface area contributed by atoms with Gasteiger partial charge in [0.15, 0.2) is 5.96 Å². The Bertz CT molecular complexity index is 735. The molecule has 1 spiro atoms. The van der Waals surface area contributed by atoms with E-state index in [1.165, 1.54) is 4.90 Å². The molecule has 0 radical (unpaired) electrons. The summed E-state index contributed by atoms with van der Waals surface area (Å²) in [6, 6.07) is 7.50. The minimum Gasteiger partial charge on any atom is -0.370 e. The molecular formula is C18H23N5O2. The molecule has 4 N–H and O–H groups in total. The highest BCUT2D eigenvalue weighted by Crippen LogP contribution is 2.37. The van der Waals surface area contributed by atoms with Gasteiger partial charge >= 0.3 is 6.03 Å². The fraction of sp³-hybridized carbons (Fsp3) is 0.500. The zero-order valence-corrected chi connectivity index (χ0v) is 14.1. The van der Waals surface area contributed by atoms with E-state index in [1.807, 2.05) is 18.2 Å². The smallest absolute Gasteiger partial charge is 0.329 e. The maximum Gasteiger partial charge on any atom is 0.329 e. The number of carbonyl (C=O) groups excluding carboxylic acids is 2. The molecule has 3 fully saturated rings. The molecule has 1 aliphatic heterocycles. The summed E-state index contributed by atoms with van der Waals surface area (Å²) in [5, 5.41) is 6.05. The number of amides is 3. The van der Waals surface area contributed by atoms with Crippen LogP contribution in [0, 0.1) is 0 Å². The van der Waals surface area contributed by atoms with Crippen LogP contribution in [0.2, 0.25) is 0 Å². The van der Waals surface area contributed by atoms with Gasteiger partial charge in [-0.1, -0.05) is 25.0 Å². The minimum atomic E-state index is -0.691. The van der Waals surface area contributed by atoms with Gasteiger partial charge < -0.3 is 16.4 Å². The predicted molar refractivity (Wildman–Crippen MR) is 95.1 cm³/mol. The molecule has 0 aromatic heterocycles. The minimum absolute atomic E-state index is 0.134. The van der Waals surface area contributed by atoms with Crippen molar-refractivity contribution in [3.05, 3.63) is 29.8 Å². The van der Waals surface area contributed by atoms with Gasteiger partial charge in [-0.05, 0) is 43.4 Å². The molecule has 0 unspecified atom stereocenters. The highest BCUT2D eigenvalue weighted by atomic mass is 16.2. The van der Waals surface area contributed by atoms with E-state index in [2.05, 4.69) is 15.6 Å². The van der Waals surface area contributed by atoms with Gasteiger partial charge in [-0.3, -0.25) is 4.79 Å². The van der Waals surface area contributed by atoms with Crippen LogP contribution in [0.5, 0.6) is 0 Å². The first-order chi connectivity index (χ1) is 12.1. The van der Waals surface area contributed by atoms with Gasteiger partial charge in [0.2, 0.25) is 0 Å². The molecule has 132 valence electrons. The summed E-state index contributed by atoms with van der Waals surface area (Å²) in [6.45, 7) is 0.411. The molecule has 2 aliphatic carbocycles. The monoisotopic (exact) mass is 341 g/mol. The number of benzene rings is 1. The lowest BCUT2D eigenvalue weighted by Crippen LogP contribution is -2.44. The Morgan fingerprint density at radius 3 is 2.80 bits per heavy atom. The van der Waals surface area contributed by atoms with Gasteiger partial charge in [-0.2, -0.15) is 0 Å². The van der Waals surface area contributed by atoms with Crippen LogP contribution in [0.15, 0.2) is 29.3 Å². The Labute approximate surface area is 146 Å². The van der Waals surface area contributed by atoms with Gasteiger partial charge in [0, 0.05) is 6.04 Å². The highest BCUT2D eigenvalue weighted by Gasteiger charge is 2.52. The van der Waals surface area contributed by atoms with Crippen molar-refractivity contribution in [3.8, 4) is 0 Å². The van der Waals surface area contributed by atoms with Crippen molar-refractivity contribution in [3.63, 3.8) is 0 Å². The van der Waals surface area contributed by atoms with Crippen LogP contribution in [-0.2, 0) is 11.3 Å². The molecule has 7 heteroatoms. The van der Waals surface area contributed by atoms with Gasteiger partial charge in [0.05, 0.1) is 12.2 Å². The number of imide groups is 1. The Balaban J connectivity index is 1.51. The third kappa shape index (κ3) is 3.06. The van der Waals surface area contributed by atoms with Crippen LogP contribution in [0.1, 0.15) is 44.1 Å². The fourth-order valence-corrected chi connectivity index (χ4v) is 3.63. The standard InChI is InChI=1S/C18H23N5O2/c19-16(21-13-6-7-13)20-11-12-4-3-5-14(10-12)23-15(24)18(22-17(23)25)8-1-2-9-18/h3-5,10,13H,1-2,6-9,11H2,(H,22,25)(H3,19,20,21). The van der Waals surface area contributed by atoms with Crippen LogP contribution in [0.25, 0.3) is 0 Å². The zero-order chi connectivity index (χ0) is 17.4. The first-order valence-corrected chi connectivity index (χ1v) is 8.89. The first-order valence-electron chi connectivity index (χ1n) is 8.89. The van der Waals surface area contributed by atoms with Crippen LogP contribution in [0.3, 0.4) is 0 Å². The Morgan fingerprint density at radius 2 is 2.08 bits per heavy atom. The molecule has 1 saturated heterocycles. The quantitative estimate of drug-likeness (QED) is 0.440. The topological polar surface area (TPSA) is 99.8 Å². The van der Waals surface area contributed by atoms with Crippen LogP contribution < -0.4 is 21.3 Å². The lowest BCUT2D eigenvalue weighted by atomic mass is 9.98. The lowest BCUT2D eigenvalue weighted by molar-refractivity contribution is -0.121. The molecule has 1 heterocycles. The number of guanidine groups is 1. The number of hydrogen-bond donors (Lipinski definition) is 3. The summed E-state index contributed by atoms with van der Waals surface area (Å²) in [7, 11) is 0. The van der Waals surface area contributed by atoms with Crippen molar-refractivity contribution in [2.24, 2.45) is 10.7 Å². The van der Waals surface area contributed by atoms with E-state index in [0.29, 0.717) is 24.2 Å². The van der Waals surface area contributed by atoms with Crippen molar-refractivity contribution >= 4 is 23.6 Å². The van der Waals surface area contributed by atoms with Gasteiger partial charge in [-0.15, -0.1) is 0 Å². The van der Waals surface area contributed by atoms with E-state index in [4.69, 9.17) is 5.73 Å². The van der Waals surface area contributed by atoms with Crippen LogP contribution in [-0.4, -0.2) is 29.5 Å². The van der Waals surface area contributed by atoms with Crippen molar-refractivity contribution < 1.29 is 9.59 Å². The second-order valence-corrected chi connectivity index (χ2v) is 7.15. The average molecular weight is 341 g/mol. The number of nitrogens with two attached hydrogens (primary N) is 1. The maximum absolute atomic E-state index is 12.8. The second-order valence-electron chi connectivity index (χ2n) is 7.15. The summed E-state index contributed by atoms with van der Waals surface area (Å²) >= 11 is 0. The van der Waals surface area contributed by atoms with Crippen molar-refractivity contribution in [2.45, 2.75) is 56.7 Å². The number of nitrogens with zero attached hydrogens (tertiary/aromatic N) is 2. The molecule has 7 nitrogen and oxygen atoms in total. The highest BCUT2D eigenvalue weighted by molar-refractivity contribution is 6.23. The van der Waals surface area contributed by atoms with E-state index < -0.39 is 5.54 Å². The molecule has 1 aromatic carbocycles. The first kappa shape index (κ1) is 15.9. The average Bonchev–Trinajstić information content (AvgIpc) is 3.21. The van der Waals surface area contributed by atoms with E-state index in [-0.39, 0.29) is 11.9 Å². The van der Waals surface area contributed by atoms with E-state index in [0.717, 1.165) is 44.1 Å². The zero-order valence-electron chi connectivity index (χ0n) is 14.1. The number of hydrogen-bond acceptors (Lipinski definition) is 3. The molecule has 0 atom stereocenters. The van der Waals surface area contributed by atoms with E-state index in [1.54, 1.807) is 6.07 Å². The molecule has 2 saturated carbocycles. The lowest BCUT2D eigenvalue weighted by Gasteiger charge is -2.20. The third-order valence-electron chi connectivity index (χ3n) is 5.15. The normalized spacial score (nSPS) is 22.6. The summed E-state index contributed by atoms with van der Waals surface area (Å²) < 4.78 is 0. The number of urea groups is 1. The number of aliphatic imine (C=N–C) groups is 1. The summed E-state index contributed by atoms with van der Waals surface area (Å²) in [5.74, 6) is 0.304. The fourth-order valence-electron chi connectivity index (χ4n) is 3.63. The number of anilines is 1. The molecule has 3 aliphatic rings. The van der Waals surface area contributed by atoms with Crippen molar-refractivity contribution in [2.75, 3.05) is 4.90 Å². The van der Waals surface area contributed by atoms with Gasteiger partial charge in [0.25, 0.3) is 5.91 Å². The number of carbonyl (C=O) groups is 2. The number of rotatable bonds is 4. The molecular weight excluding hydrogens is 318 g/mol. The number of nitrogens with one attached hydrogen (secondary N) is 2. The third-order valence-corrected chi connectivity index (χ3v) is 5.15. The van der Waals surface area contributed by atoms with E-state index in [9.17, 15) is 9.59 Å². The van der Waals surface area contributed by atoms with Gasteiger partial charge in [-0.25, -0.2) is 14.7 Å². The molecule has 4 rings (SSSR count). The van der Waals surface area contributed by atoms with Crippen molar-refractivity contribution in [1.82, 2.24) is 10.6 Å². The van der Waals surface area contributed by atoms with Crippen molar-refractivity contribution in [1.29, 1.82) is 0 Å². The van der Waals surface area contributed by atoms with Gasteiger partial charge in [0.1, 0.15) is 5.54 Å². The molecule has 0 bridgehead atoms. The van der Waals surface area contributed by atoms with Crippen LogP contribution >= 0.6 is 0 Å². The molecule has 25 heavy (non-hydrogen) atoms. The predicted octanol–water partition coefficient (Wildman–Crippen LogP) is 1.62. The maximum atomic E-state index is 12.8. The molecule has 3 amide bonds. The summed E-state index contributed by atoms with van der Waals surface area (Å²) in [4.78, 5) is 30.8. The van der Waals surface area contributed by atoms with Crippen LogP contribution in [0.4, 0.5) is 10.5 Å². The van der Waals surface area contributed by atoms with E-state index >= 15 is 0 Å². The summed E-state index contributed by atoms with van der Waals surface area (Å²) in [6.07, 6.45) is 5.67. The Kier molecular flexibility index (Phi) is 3.86. The molecule has 1 aromatic rings. The Hall–Kier alpha value is -2.57. The largest absolute Gasteiger partial charge is 0.370 e. The Morgan fingerprint density at radius 1 is 1.32 bits per heavy atom. The second kappa shape index (κ2) is 6.06. The summed E-state index contributed by atoms with van der Waals surface area (Å²) in [5.41, 5.74) is 6.66.